The van der Waals surface area contributed by atoms with E-state index in [1.165, 1.54) is 5.56 Å². The van der Waals surface area contributed by atoms with E-state index in [2.05, 4.69) is 31.0 Å². The molecule has 1 aromatic carbocycles. The summed E-state index contributed by atoms with van der Waals surface area (Å²) in [5.41, 5.74) is 6.88. The second-order valence-electron chi connectivity index (χ2n) is 4.28. The number of likely N-dealkylation sites (N-methyl/N-ethyl adjacent to an activating group) is 1. The van der Waals surface area contributed by atoms with Crippen LogP contribution >= 0.6 is 11.6 Å². The third-order valence-corrected chi connectivity index (χ3v) is 3.26. The fourth-order valence-corrected chi connectivity index (χ4v) is 1.76. The van der Waals surface area contributed by atoms with Crippen molar-refractivity contribution in [1.82, 2.24) is 4.90 Å². The summed E-state index contributed by atoms with van der Waals surface area (Å²) in [6, 6.07) is 8.62. The normalized spacial score (nSPS) is 13.1. The van der Waals surface area contributed by atoms with Crippen molar-refractivity contribution >= 4 is 11.6 Å². The molecule has 0 saturated carbocycles. The van der Waals surface area contributed by atoms with Crippen LogP contribution in [0.2, 0.25) is 5.02 Å². The Labute approximate surface area is 103 Å². The van der Waals surface area contributed by atoms with E-state index >= 15 is 0 Å². The Hall–Kier alpha value is -0.570. The van der Waals surface area contributed by atoms with Gasteiger partial charge in [-0.1, -0.05) is 23.7 Å². The minimum absolute atomic E-state index is 0.553. The quantitative estimate of drug-likeness (QED) is 0.828. The second-order valence-corrected chi connectivity index (χ2v) is 4.72. The Morgan fingerprint density at radius 1 is 1.31 bits per heavy atom. The molecule has 0 saturated heterocycles. The van der Waals surface area contributed by atoms with Crippen molar-refractivity contribution in [2.75, 3.05) is 20.1 Å². The smallest absolute Gasteiger partial charge is 0.0406 e. The average Bonchev–Trinajstić information content (AvgIpc) is 2.28. The first kappa shape index (κ1) is 13.5. The minimum atomic E-state index is 0.553. The summed E-state index contributed by atoms with van der Waals surface area (Å²) in [5.74, 6) is 0. The summed E-state index contributed by atoms with van der Waals surface area (Å²) in [5, 5.41) is 0.800. The highest BCUT2D eigenvalue weighted by atomic mass is 35.5. The number of rotatable bonds is 6. The summed E-state index contributed by atoms with van der Waals surface area (Å²) >= 11 is 5.84. The van der Waals surface area contributed by atoms with Gasteiger partial charge in [0, 0.05) is 17.6 Å². The van der Waals surface area contributed by atoms with Gasteiger partial charge in [0.1, 0.15) is 0 Å². The van der Waals surface area contributed by atoms with Gasteiger partial charge in [-0.3, -0.25) is 0 Å². The first-order chi connectivity index (χ1) is 7.63. The molecule has 0 fully saturated rings. The highest BCUT2D eigenvalue weighted by molar-refractivity contribution is 6.30. The number of benzene rings is 1. The van der Waals surface area contributed by atoms with Gasteiger partial charge in [-0.25, -0.2) is 0 Å². The van der Waals surface area contributed by atoms with Crippen LogP contribution in [0.15, 0.2) is 24.3 Å². The number of nitrogens with two attached hydrogens (primary N) is 1. The standard InChI is InChI=1S/C13H21ClN2/c1-11(7-9-15)16(2)10-8-12-3-5-13(14)6-4-12/h3-6,11H,7-10,15H2,1-2H3. The first-order valence-electron chi connectivity index (χ1n) is 5.78. The SMILES string of the molecule is CC(CCN)N(C)CCc1ccc(Cl)cc1. The highest BCUT2D eigenvalue weighted by Gasteiger charge is 2.07. The molecule has 0 aliphatic heterocycles. The summed E-state index contributed by atoms with van der Waals surface area (Å²) in [6.07, 6.45) is 2.11. The van der Waals surface area contributed by atoms with Gasteiger partial charge in [-0.15, -0.1) is 0 Å². The van der Waals surface area contributed by atoms with Crippen LogP contribution in [0, 0.1) is 0 Å². The second kappa shape index (κ2) is 6.89. The van der Waals surface area contributed by atoms with Crippen LogP contribution in [0.3, 0.4) is 0 Å². The van der Waals surface area contributed by atoms with Crippen LogP contribution in [-0.2, 0) is 6.42 Å². The van der Waals surface area contributed by atoms with E-state index in [-0.39, 0.29) is 0 Å². The lowest BCUT2D eigenvalue weighted by molar-refractivity contribution is 0.251. The predicted molar refractivity (Wildman–Crippen MR) is 70.9 cm³/mol. The van der Waals surface area contributed by atoms with Crippen molar-refractivity contribution in [3.63, 3.8) is 0 Å². The zero-order valence-electron chi connectivity index (χ0n) is 10.1. The maximum absolute atomic E-state index is 5.84. The Morgan fingerprint density at radius 2 is 1.94 bits per heavy atom. The van der Waals surface area contributed by atoms with Gasteiger partial charge in [0.05, 0.1) is 0 Å². The third-order valence-electron chi connectivity index (χ3n) is 3.00. The van der Waals surface area contributed by atoms with Crippen molar-refractivity contribution in [3.8, 4) is 0 Å². The third kappa shape index (κ3) is 4.52. The number of nitrogens with zero attached hydrogens (tertiary/aromatic N) is 1. The van der Waals surface area contributed by atoms with E-state index in [4.69, 9.17) is 17.3 Å². The molecule has 1 unspecified atom stereocenters. The molecule has 0 radical (unpaired) electrons. The molecule has 3 heteroatoms. The number of halogens is 1. The largest absolute Gasteiger partial charge is 0.330 e. The maximum atomic E-state index is 5.84. The monoisotopic (exact) mass is 240 g/mol. The molecule has 16 heavy (non-hydrogen) atoms. The topological polar surface area (TPSA) is 29.3 Å². The molecule has 0 aliphatic carbocycles. The molecule has 0 amide bonds. The lowest BCUT2D eigenvalue weighted by atomic mass is 10.1. The zero-order chi connectivity index (χ0) is 12.0. The molecule has 0 heterocycles. The molecule has 0 bridgehead atoms. The molecule has 0 aliphatic rings. The Kier molecular flexibility index (Phi) is 5.81. The molecular weight excluding hydrogens is 220 g/mol. The van der Waals surface area contributed by atoms with E-state index in [1.54, 1.807) is 0 Å². The van der Waals surface area contributed by atoms with Crippen molar-refractivity contribution in [1.29, 1.82) is 0 Å². The fraction of sp³-hybridized carbons (Fsp3) is 0.538. The van der Waals surface area contributed by atoms with Gasteiger partial charge >= 0.3 is 0 Å². The highest BCUT2D eigenvalue weighted by Crippen LogP contribution is 2.10. The van der Waals surface area contributed by atoms with Gasteiger partial charge < -0.3 is 10.6 Å². The lowest BCUT2D eigenvalue weighted by Gasteiger charge is -2.24. The molecule has 0 aromatic heterocycles. The average molecular weight is 241 g/mol. The lowest BCUT2D eigenvalue weighted by Crippen LogP contribution is -2.32. The van der Waals surface area contributed by atoms with Crippen LogP contribution in [0.4, 0.5) is 0 Å². The zero-order valence-corrected chi connectivity index (χ0v) is 10.9. The predicted octanol–water partition coefficient (Wildman–Crippen LogP) is 2.55. The van der Waals surface area contributed by atoms with Crippen LogP contribution in [-0.4, -0.2) is 31.1 Å². The van der Waals surface area contributed by atoms with E-state index in [1.807, 2.05) is 12.1 Å². The summed E-state index contributed by atoms with van der Waals surface area (Å²) < 4.78 is 0. The molecule has 1 aromatic rings. The van der Waals surface area contributed by atoms with E-state index in [9.17, 15) is 0 Å². The van der Waals surface area contributed by atoms with Gasteiger partial charge in [0.25, 0.3) is 0 Å². The van der Waals surface area contributed by atoms with E-state index in [0.29, 0.717) is 6.04 Å². The van der Waals surface area contributed by atoms with Crippen molar-refractivity contribution in [2.24, 2.45) is 5.73 Å². The Bertz CT molecular complexity index is 297. The van der Waals surface area contributed by atoms with Crippen molar-refractivity contribution in [3.05, 3.63) is 34.9 Å². The van der Waals surface area contributed by atoms with Crippen LogP contribution < -0.4 is 5.73 Å². The van der Waals surface area contributed by atoms with E-state index in [0.717, 1.165) is 31.0 Å². The van der Waals surface area contributed by atoms with Crippen LogP contribution in [0.1, 0.15) is 18.9 Å². The molecule has 1 rings (SSSR count). The van der Waals surface area contributed by atoms with Gasteiger partial charge in [0.15, 0.2) is 0 Å². The number of hydrogen-bond acceptors (Lipinski definition) is 2. The minimum Gasteiger partial charge on any atom is -0.330 e. The molecule has 2 N–H and O–H groups in total. The molecule has 90 valence electrons. The summed E-state index contributed by atoms with van der Waals surface area (Å²) in [4.78, 5) is 2.35. The van der Waals surface area contributed by atoms with Gasteiger partial charge in [-0.2, -0.15) is 0 Å². The maximum Gasteiger partial charge on any atom is 0.0406 e. The van der Waals surface area contributed by atoms with Crippen LogP contribution in [0.5, 0.6) is 0 Å². The van der Waals surface area contributed by atoms with Crippen molar-refractivity contribution in [2.45, 2.75) is 25.8 Å². The van der Waals surface area contributed by atoms with Crippen molar-refractivity contribution < 1.29 is 0 Å². The van der Waals surface area contributed by atoms with Gasteiger partial charge in [-0.05, 0) is 51.1 Å². The summed E-state index contributed by atoms with van der Waals surface area (Å²) in [6.45, 7) is 4.03. The van der Waals surface area contributed by atoms with Gasteiger partial charge in [0.2, 0.25) is 0 Å². The summed E-state index contributed by atoms with van der Waals surface area (Å²) in [7, 11) is 2.15. The molecular formula is C13H21ClN2. The Balaban J connectivity index is 2.36. The molecule has 1 atom stereocenters. The fourth-order valence-electron chi connectivity index (χ4n) is 1.64. The molecule has 0 spiro atoms. The van der Waals surface area contributed by atoms with Crippen LogP contribution in [0.25, 0.3) is 0 Å². The number of hydrogen-bond donors (Lipinski definition) is 1. The Morgan fingerprint density at radius 3 is 2.50 bits per heavy atom. The molecule has 2 nitrogen and oxygen atoms in total. The van der Waals surface area contributed by atoms with E-state index < -0.39 is 0 Å². The first-order valence-corrected chi connectivity index (χ1v) is 6.16.